The average molecular weight is 481 g/mol. The van der Waals surface area contributed by atoms with Gasteiger partial charge in [0.25, 0.3) is 5.56 Å². The molecule has 0 bridgehead atoms. The maximum Gasteiger partial charge on any atom is 0.259 e. The van der Waals surface area contributed by atoms with Crippen LogP contribution < -0.4 is 5.56 Å². The summed E-state index contributed by atoms with van der Waals surface area (Å²) in [4.78, 5) is 13.3. The van der Waals surface area contributed by atoms with Crippen molar-refractivity contribution in [3.05, 3.63) is 74.6 Å². The number of pyridine rings is 1. The number of methoxy groups -OCH3 is 1. The van der Waals surface area contributed by atoms with Crippen molar-refractivity contribution in [1.82, 2.24) is 18.9 Å². The topological polar surface area (TPSA) is 54.0 Å². The van der Waals surface area contributed by atoms with Gasteiger partial charge in [-0.25, -0.2) is 4.68 Å². The predicted molar refractivity (Wildman–Crippen MR) is 134 cm³/mol. The number of halogens is 2. The zero-order chi connectivity index (χ0) is 23.4. The molecule has 5 rings (SSSR count). The summed E-state index contributed by atoms with van der Waals surface area (Å²) in [5.74, 6) is 0. The highest BCUT2D eigenvalue weighted by atomic mass is 35.5. The summed E-state index contributed by atoms with van der Waals surface area (Å²) < 4.78 is 10.7. The normalized spacial score (nSPS) is 11.7. The van der Waals surface area contributed by atoms with E-state index in [1.807, 2.05) is 30.8 Å². The molecule has 3 heterocycles. The van der Waals surface area contributed by atoms with Crippen LogP contribution in [0.25, 0.3) is 44.3 Å². The number of fused-ring (bicyclic) bond motifs is 3. The molecule has 0 aliphatic carbocycles. The molecule has 0 atom stereocenters. The van der Waals surface area contributed by atoms with Crippen LogP contribution in [0, 0.1) is 6.92 Å². The van der Waals surface area contributed by atoms with Crippen molar-refractivity contribution >= 4 is 45.1 Å². The molecule has 0 radical (unpaired) electrons. The zero-order valence-corrected chi connectivity index (χ0v) is 20.2. The van der Waals surface area contributed by atoms with Gasteiger partial charge in [-0.1, -0.05) is 35.3 Å². The predicted octanol–water partition coefficient (Wildman–Crippen LogP) is 5.78. The van der Waals surface area contributed by atoms with E-state index in [1.54, 1.807) is 41.6 Å². The molecule has 0 aliphatic heterocycles. The molecule has 6 nitrogen and oxygen atoms in total. The Labute approximate surface area is 200 Å². The van der Waals surface area contributed by atoms with Gasteiger partial charge in [0, 0.05) is 59.9 Å². The van der Waals surface area contributed by atoms with Crippen LogP contribution in [0.1, 0.15) is 5.56 Å². The van der Waals surface area contributed by atoms with Crippen molar-refractivity contribution in [3.63, 3.8) is 0 Å². The molecule has 168 valence electrons. The van der Waals surface area contributed by atoms with Crippen LogP contribution >= 0.6 is 23.2 Å². The number of rotatable bonds is 4. The molecule has 3 aromatic heterocycles. The van der Waals surface area contributed by atoms with Crippen LogP contribution in [0.3, 0.4) is 0 Å². The van der Waals surface area contributed by atoms with E-state index in [0.29, 0.717) is 27.9 Å². The minimum Gasteiger partial charge on any atom is -0.362 e. The molecule has 0 saturated carbocycles. The van der Waals surface area contributed by atoms with E-state index in [1.165, 1.54) is 0 Å². The molecule has 8 heteroatoms. The summed E-state index contributed by atoms with van der Waals surface area (Å²) in [6.07, 6.45) is 1.97. The minimum atomic E-state index is -0.119. The Balaban J connectivity index is 1.79. The molecule has 5 aromatic rings. The summed E-state index contributed by atoms with van der Waals surface area (Å²) in [7, 11) is 5.40. The highest BCUT2D eigenvalue weighted by Crippen LogP contribution is 2.35. The third kappa shape index (κ3) is 3.46. The van der Waals surface area contributed by atoms with Gasteiger partial charge < -0.3 is 9.30 Å². The van der Waals surface area contributed by atoms with E-state index in [9.17, 15) is 4.79 Å². The van der Waals surface area contributed by atoms with E-state index >= 15 is 0 Å². The minimum absolute atomic E-state index is 0.119. The second-order valence-electron chi connectivity index (χ2n) is 8.19. The van der Waals surface area contributed by atoms with Gasteiger partial charge >= 0.3 is 0 Å². The van der Waals surface area contributed by atoms with E-state index in [2.05, 4.69) is 23.3 Å². The standard InChI is InChI=1S/C25H22Cl2N4O2/c1-14-12-31(13-33-4)28-23(14)15-5-8-22-18(9-15)19-11-20(17-7-6-16(26)10-21(17)27)25(32)30(3)24(19)29(22)2/h5-12H,13H2,1-4H3. The number of nitrogens with zero attached hydrogens (tertiary/aromatic N) is 4. The fourth-order valence-electron chi connectivity index (χ4n) is 4.54. The second-order valence-corrected chi connectivity index (χ2v) is 9.04. The molecule has 0 fully saturated rings. The number of benzene rings is 2. The lowest BCUT2D eigenvalue weighted by atomic mass is 10.0. The highest BCUT2D eigenvalue weighted by molar-refractivity contribution is 6.36. The second kappa shape index (κ2) is 8.06. The molecular formula is C25H22Cl2N4O2. The van der Waals surface area contributed by atoms with Crippen LogP contribution in [-0.4, -0.2) is 26.0 Å². The summed E-state index contributed by atoms with van der Waals surface area (Å²) >= 11 is 12.5. The Hall–Kier alpha value is -3.06. The Morgan fingerprint density at radius 1 is 0.970 bits per heavy atom. The van der Waals surface area contributed by atoms with Crippen molar-refractivity contribution < 1.29 is 4.74 Å². The van der Waals surface area contributed by atoms with Crippen LogP contribution in [0.4, 0.5) is 0 Å². The van der Waals surface area contributed by atoms with Crippen LogP contribution in [0.2, 0.25) is 10.0 Å². The van der Waals surface area contributed by atoms with Gasteiger partial charge in [0.2, 0.25) is 0 Å². The van der Waals surface area contributed by atoms with E-state index in [0.717, 1.165) is 38.8 Å². The average Bonchev–Trinajstić information content (AvgIpc) is 3.28. The Morgan fingerprint density at radius 3 is 2.48 bits per heavy atom. The maximum atomic E-state index is 13.3. The molecule has 2 aromatic carbocycles. The van der Waals surface area contributed by atoms with Gasteiger partial charge in [0.05, 0.1) is 16.2 Å². The summed E-state index contributed by atoms with van der Waals surface area (Å²) in [5, 5.41) is 7.65. The van der Waals surface area contributed by atoms with E-state index in [-0.39, 0.29) is 5.56 Å². The lowest BCUT2D eigenvalue weighted by Crippen LogP contribution is -2.20. The van der Waals surface area contributed by atoms with E-state index < -0.39 is 0 Å². The molecular weight excluding hydrogens is 459 g/mol. The van der Waals surface area contributed by atoms with Crippen LogP contribution in [0.15, 0.2) is 53.5 Å². The lowest BCUT2D eigenvalue weighted by Gasteiger charge is -2.09. The molecule has 0 N–H and O–H groups in total. The van der Waals surface area contributed by atoms with Gasteiger partial charge in [-0.3, -0.25) is 9.36 Å². The third-order valence-corrected chi connectivity index (χ3v) is 6.60. The third-order valence-electron chi connectivity index (χ3n) is 6.05. The Kier molecular flexibility index (Phi) is 5.32. The fourth-order valence-corrected chi connectivity index (χ4v) is 5.05. The van der Waals surface area contributed by atoms with Crippen molar-refractivity contribution in [3.8, 4) is 22.4 Å². The number of aromatic nitrogens is 4. The van der Waals surface area contributed by atoms with Crippen molar-refractivity contribution in [2.45, 2.75) is 13.7 Å². The van der Waals surface area contributed by atoms with Gasteiger partial charge in [0.15, 0.2) is 0 Å². The first kappa shape index (κ1) is 21.8. The zero-order valence-electron chi connectivity index (χ0n) is 18.7. The van der Waals surface area contributed by atoms with E-state index in [4.69, 9.17) is 27.9 Å². The van der Waals surface area contributed by atoms with Gasteiger partial charge in [0.1, 0.15) is 12.4 Å². The molecule has 0 saturated heterocycles. The first-order valence-corrected chi connectivity index (χ1v) is 11.2. The number of ether oxygens (including phenoxy) is 1. The molecule has 0 unspecified atom stereocenters. The summed E-state index contributed by atoms with van der Waals surface area (Å²) in [5.41, 5.74) is 5.90. The molecule has 33 heavy (non-hydrogen) atoms. The number of hydrogen-bond acceptors (Lipinski definition) is 3. The van der Waals surface area contributed by atoms with Crippen LogP contribution in [0.5, 0.6) is 0 Å². The summed E-state index contributed by atoms with van der Waals surface area (Å²) in [6, 6.07) is 13.4. The SMILES string of the molecule is COCn1cc(C)c(-c2ccc3c(c2)c2cc(-c4ccc(Cl)cc4Cl)c(=O)n(C)c2n3C)n1. The van der Waals surface area contributed by atoms with Gasteiger partial charge in [-0.15, -0.1) is 0 Å². The van der Waals surface area contributed by atoms with Crippen LogP contribution in [-0.2, 0) is 25.6 Å². The first-order chi connectivity index (χ1) is 15.8. The Morgan fingerprint density at radius 2 is 1.76 bits per heavy atom. The quantitative estimate of drug-likeness (QED) is 0.327. The van der Waals surface area contributed by atoms with Crippen molar-refractivity contribution in [2.75, 3.05) is 7.11 Å². The number of aryl methyl sites for hydroxylation is 3. The smallest absolute Gasteiger partial charge is 0.259 e. The number of hydrogen-bond donors (Lipinski definition) is 0. The first-order valence-electron chi connectivity index (χ1n) is 10.4. The largest absolute Gasteiger partial charge is 0.362 e. The molecule has 0 spiro atoms. The molecule has 0 aliphatic rings. The fraction of sp³-hybridized carbons (Fsp3) is 0.200. The maximum absolute atomic E-state index is 13.3. The summed E-state index contributed by atoms with van der Waals surface area (Å²) in [6.45, 7) is 2.43. The molecule has 0 amide bonds. The van der Waals surface area contributed by atoms with Gasteiger partial charge in [-0.2, -0.15) is 5.10 Å². The van der Waals surface area contributed by atoms with Gasteiger partial charge in [-0.05, 0) is 42.8 Å². The van der Waals surface area contributed by atoms with Crippen molar-refractivity contribution in [2.24, 2.45) is 14.1 Å². The highest BCUT2D eigenvalue weighted by Gasteiger charge is 2.18. The lowest BCUT2D eigenvalue weighted by molar-refractivity contribution is 0.121. The Bertz CT molecular complexity index is 1610. The van der Waals surface area contributed by atoms with Crippen molar-refractivity contribution in [1.29, 1.82) is 0 Å². The monoisotopic (exact) mass is 480 g/mol.